The van der Waals surface area contributed by atoms with Gasteiger partial charge in [0.15, 0.2) is 0 Å². The van der Waals surface area contributed by atoms with Crippen LogP contribution < -0.4 is 0 Å². The number of hydrogen-bond acceptors (Lipinski definition) is 2. The molecule has 2 nitrogen and oxygen atoms in total. The lowest BCUT2D eigenvalue weighted by Crippen LogP contribution is -1.94. The Kier molecular flexibility index (Phi) is 3.60. The smallest absolute Gasteiger partial charge is 0.131 e. The first-order valence-corrected chi connectivity index (χ1v) is 7.30. The van der Waals surface area contributed by atoms with Crippen molar-refractivity contribution in [2.45, 2.75) is 13.8 Å². The summed E-state index contributed by atoms with van der Waals surface area (Å²) in [5.41, 5.74) is 3.30. The standard InChI is InChI=1S/C20H18O2/c1-3-15(14-9-5-4-6-10-14)18-13(2)19(21)16-11-7-8-12-17(16)20(18)22/h3-12,21-22H,1-2H3/b15-3+. The van der Waals surface area contributed by atoms with Crippen molar-refractivity contribution < 1.29 is 10.2 Å². The summed E-state index contributed by atoms with van der Waals surface area (Å²) in [7, 11) is 0. The fourth-order valence-corrected chi connectivity index (χ4v) is 2.93. The molecule has 0 aromatic heterocycles. The first-order valence-electron chi connectivity index (χ1n) is 7.30. The van der Waals surface area contributed by atoms with Gasteiger partial charge in [-0.1, -0.05) is 60.7 Å². The van der Waals surface area contributed by atoms with Gasteiger partial charge >= 0.3 is 0 Å². The van der Waals surface area contributed by atoms with Gasteiger partial charge in [0.25, 0.3) is 0 Å². The number of hydrogen-bond donors (Lipinski definition) is 2. The second-order valence-corrected chi connectivity index (χ2v) is 5.31. The fraction of sp³-hybridized carbons (Fsp3) is 0.100. The van der Waals surface area contributed by atoms with E-state index in [0.29, 0.717) is 21.9 Å². The number of phenols is 2. The number of rotatable bonds is 2. The Labute approximate surface area is 130 Å². The summed E-state index contributed by atoms with van der Waals surface area (Å²) in [6.45, 7) is 3.77. The highest BCUT2D eigenvalue weighted by molar-refractivity contribution is 6.01. The van der Waals surface area contributed by atoms with Crippen molar-refractivity contribution in [1.29, 1.82) is 0 Å². The van der Waals surface area contributed by atoms with Gasteiger partial charge in [0.05, 0.1) is 0 Å². The van der Waals surface area contributed by atoms with Crippen molar-refractivity contribution in [3.8, 4) is 11.5 Å². The zero-order valence-electron chi connectivity index (χ0n) is 12.7. The summed E-state index contributed by atoms with van der Waals surface area (Å²) in [6, 6.07) is 17.2. The number of phenolic OH excluding ortho intramolecular Hbond substituents is 2. The number of aromatic hydroxyl groups is 2. The highest BCUT2D eigenvalue weighted by Gasteiger charge is 2.19. The van der Waals surface area contributed by atoms with E-state index in [1.54, 1.807) is 0 Å². The fourth-order valence-electron chi connectivity index (χ4n) is 2.93. The van der Waals surface area contributed by atoms with Crippen LogP contribution in [0.15, 0.2) is 60.7 Å². The summed E-state index contributed by atoms with van der Waals surface area (Å²) < 4.78 is 0. The summed E-state index contributed by atoms with van der Waals surface area (Å²) in [6.07, 6.45) is 1.96. The van der Waals surface area contributed by atoms with Crippen LogP contribution in [0.25, 0.3) is 16.3 Å². The first kappa shape index (κ1) is 14.2. The highest BCUT2D eigenvalue weighted by atomic mass is 16.3. The largest absolute Gasteiger partial charge is 0.507 e. The van der Waals surface area contributed by atoms with Gasteiger partial charge in [-0.3, -0.25) is 0 Å². The average molecular weight is 290 g/mol. The van der Waals surface area contributed by atoms with Crippen molar-refractivity contribution in [3.05, 3.63) is 77.4 Å². The van der Waals surface area contributed by atoms with Crippen molar-refractivity contribution in [2.24, 2.45) is 0 Å². The van der Waals surface area contributed by atoms with Gasteiger partial charge in [-0.05, 0) is 25.0 Å². The SMILES string of the molecule is C/C=C(\c1ccccc1)c1c(C)c(O)c2ccccc2c1O. The monoisotopic (exact) mass is 290 g/mol. The zero-order chi connectivity index (χ0) is 15.7. The van der Waals surface area contributed by atoms with Gasteiger partial charge in [-0.15, -0.1) is 0 Å². The first-order chi connectivity index (χ1) is 10.6. The topological polar surface area (TPSA) is 40.5 Å². The molecule has 0 atom stereocenters. The van der Waals surface area contributed by atoms with Crippen LogP contribution in [0.3, 0.4) is 0 Å². The second kappa shape index (κ2) is 5.57. The number of benzene rings is 3. The minimum atomic E-state index is 0.211. The molecule has 0 aliphatic carbocycles. The molecule has 0 aliphatic heterocycles. The van der Waals surface area contributed by atoms with Crippen LogP contribution in [0.4, 0.5) is 0 Å². The van der Waals surface area contributed by atoms with E-state index in [1.807, 2.05) is 74.5 Å². The Bertz CT molecular complexity index is 862. The van der Waals surface area contributed by atoms with E-state index in [1.165, 1.54) is 0 Å². The molecule has 0 unspecified atom stereocenters. The lowest BCUT2D eigenvalue weighted by molar-refractivity contribution is 0.464. The molecule has 0 saturated heterocycles. The van der Waals surface area contributed by atoms with Gasteiger partial charge < -0.3 is 10.2 Å². The van der Waals surface area contributed by atoms with Crippen molar-refractivity contribution in [1.82, 2.24) is 0 Å². The molecule has 0 spiro atoms. The van der Waals surface area contributed by atoms with Gasteiger partial charge in [0.2, 0.25) is 0 Å². The van der Waals surface area contributed by atoms with Crippen LogP contribution in [0.5, 0.6) is 11.5 Å². The lowest BCUT2D eigenvalue weighted by Gasteiger charge is -2.17. The minimum absolute atomic E-state index is 0.211. The van der Waals surface area contributed by atoms with Gasteiger partial charge in [0, 0.05) is 21.9 Å². The predicted molar refractivity (Wildman–Crippen MR) is 91.2 cm³/mol. The molecule has 0 fully saturated rings. The van der Waals surface area contributed by atoms with Gasteiger partial charge in [0.1, 0.15) is 11.5 Å². The summed E-state index contributed by atoms with van der Waals surface area (Å²) >= 11 is 0. The molecule has 0 heterocycles. The third-order valence-corrected chi connectivity index (χ3v) is 4.05. The molecule has 3 aromatic rings. The Morgan fingerprint density at radius 2 is 1.36 bits per heavy atom. The third-order valence-electron chi connectivity index (χ3n) is 4.05. The van der Waals surface area contributed by atoms with E-state index in [-0.39, 0.29) is 11.5 Å². The Morgan fingerprint density at radius 3 is 1.95 bits per heavy atom. The molecule has 2 heteroatoms. The van der Waals surface area contributed by atoms with E-state index < -0.39 is 0 Å². The van der Waals surface area contributed by atoms with Crippen LogP contribution >= 0.6 is 0 Å². The van der Waals surface area contributed by atoms with Crippen LogP contribution in [0.2, 0.25) is 0 Å². The van der Waals surface area contributed by atoms with Crippen molar-refractivity contribution in [3.63, 3.8) is 0 Å². The molecule has 2 N–H and O–H groups in total. The molecular formula is C20H18O2. The Morgan fingerprint density at radius 1 is 0.818 bits per heavy atom. The van der Waals surface area contributed by atoms with E-state index in [0.717, 1.165) is 11.1 Å². The van der Waals surface area contributed by atoms with E-state index >= 15 is 0 Å². The molecule has 0 amide bonds. The lowest BCUT2D eigenvalue weighted by atomic mass is 9.90. The van der Waals surface area contributed by atoms with Gasteiger partial charge in [-0.25, -0.2) is 0 Å². The number of fused-ring (bicyclic) bond motifs is 1. The van der Waals surface area contributed by atoms with Crippen molar-refractivity contribution >= 4 is 16.3 Å². The van der Waals surface area contributed by atoms with Crippen molar-refractivity contribution in [2.75, 3.05) is 0 Å². The van der Waals surface area contributed by atoms with Crippen LogP contribution in [0.1, 0.15) is 23.6 Å². The molecule has 110 valence electrons. The Hall–Kier alpha value is -2.74. The van der Waals surface area contributed by atoms with E-state index in [2.05, 4.69) is 0 Å². The minimum Gasteiger partial charge on any atom is -0.507 e. The molecule has 3 aromatic carbocycles. The average Bonchev–Trinajstić information content (AvgIpc) is 2.57. The van der Waals surface area contributed by atoms with Crippen LogP contribution in [0, 0.1) is 6.92 Å². The molecular weight excluding hydrogens is 272 g/mol. The summed E-state index contributed by atoms with van der Waals surface area (Å²) in [5, 5.41) is 22.6. The van der Waals surface area contributed by atoms with E-state index in [4.69, 9.17) is 0 Å². The normalized spacial score (nSPS) is 11.8. The maximum Gasteiger partial charge on any atom is 0.131 e. The van der Waals surface area contributed by atoms with Gasteiger partial charge in [-0.2, -0.15) is 0 Å². The van der Waals surface area contributed by atoms with E-state index in [9.17, 15) is 10.2 Å². The van der Waals surface area contributed by atoms with Crippen LogP contribution in [-0.2, 0) is 0 Å². The molecule has 0 saturated carbocycles. The predicted octanol–water partition coefficient (Wildman–Crippen LogP) is 5.01. The second-order valence-electron chi connectivity index (χ2n) is 5.31. The summed E-state index contributed by atoms with van der Waals surface area (Å²) in [5.74, 6) is 0.432. The molecule has 22 heavy (non-hydrogen) atoms. The highest BCUT2D eigenvalue weighted by Crippen LogP contribution is 2.43. The molecule has 0 radical (unpaired) electrons. The van der Waals surface area contributed by atoms with Crippen LogP contribution in [-0.4, -0.2) is 10.2 Å². The maximum atomic E-state index is 10.8. The quantitative estimate of drug-likeness (QED) is 0.651. The molecule has 0 bridgehead atoms. The summed E-state index contributed by atoms with van der Waals surface area (Å²) in [4.78, 5) is 0. The third kappa shape index (κ3) is 2.13. The number of allylic oxidation sites excluding steroid dienone is 1. The zero-order valence-corrected chi connectivity index (χ0v) is 12.7. The molecule has 3 rings (SSSR count). The Balaban J connectivity index is 2.36. The molecule has 0 aliphatic rings. The maximum absolute atomic E-state index is 10.8.